The number of aromatic nitrogens is 5. The third kappa shape index (κ3) is 6.18. The molecule has 3 rings (SSSR count). The van der Waals surface area contributed by atoms with Gasteiger partial charge in [0.25, 0.3) is 0 Å². The molecule has 0 spiro atoms. The Morgan fingerprint density at radius 1 is 1.17 bits per heavy atom. The van der Waals surface area contributed by atoms with Gasteiger partial charge in [-0.3, -0.25) is 4.79 Å². The number of hydrogen-bond donors (Lipinski definition) is 1. The minimum atomic E-state index is 0.0824. The summed E-state index contributed by atoms with van der Waals surface area (Å²) in [5, 5.41) is 13.4. The molecule has 2 aromatic rings. The molecular weight excluding hydrogens is 404 g/mol. The van der Waals surface area contributed by atoms with Gasteiger partial charge in [0.2, 0.25) is 5.91 Å². The van der Waals surface area contributed by atoms with E-state index < -0.39 is 0 Å². The van der Waals surface area contributed by atoms with Gasteiger partial charge in [-0.15, -0.1) is 10.2 Å². The molecule has 1 fully saturated rings. The van der Waals surface area contributed by atoms with Gasteiger partial charge >= 0.3 is 0 Å². The van der Waals surface area contributed by atoms with Gasteiger partial charge in [-0.1, -0.05) is 43.3 Å². The zero-order chi connectivity index (χ0) is 20.8. The highest BCUT2D eigenvalue weighted by molar-refractivity contribution is 7.99. The van der Waals surface area contributed by atoms with Crippen molar-refractivity contribution in [1.82, 2.24) is 30.0 Å². The van der Waals surface area contributed by atoms with E-state index >= 15 is 0 Å². The Kier molecular flexibility index (Phi) is 7.94. The number of nitrogens with zero attached hydrogens (tertiary/aromatic N) is 5. The second kappa shape index (κ2) is 10.4. The van der Waals surface area contributed by atoms with Crippen LogP contribution in [0.2, 0.25) is 0 Å². The fourth-order valence-electron chi connectivity index (χ4n) is 3.65. The predicted octanol–water partition coefficient (Wildman–Crippen LogP) is 3.78. The van der Waals surface area contributed by atoms with E-state index in [4.69, 9.17) is 0 Å². The fourth-order valence-corrected chi connectivity index (χ4v) is 5.37. The molecular formula is C20H30N6OS2. The number of carbonyl (C=O) groups is 1. The molecule has 2 aromatic heterocycles. The molecule has 2 heterocycles. The monoisotopic (exact) mass is 434 g/mol. The van der Waals surface area contributed by atoms with Gasteiger partial charge in [0.05, 0.1) is 11.5 Å². The quantitative estimate of drug-likeness (QED) is 0.500. The minimum absolute atomic E-state index is 0.0824. The summed E-state index contributed by atoms with van der Waals surface area (Å²) >= 11 is 3.01. The van der Waals surface area contributed by atoms with Gasteiger partial charge in [0.1, 0.15) is 5.82 Å². The van der Waals surface area contributed by atoms with E-state index in [9.17, 15) is 4.79 Å². The predicted molar refractivity (Wildman–Crippen MR) is 117 cm³/mol. The maximum Gasteiger partial charge on any atom is 0.230 e. The Morgan fingerprint density at radius 2 is 1.90 bits per heavy atom. The third-order valence-electron chi connectivity index (χ3n) is 5.19. The zero-order valence-corrected chi connectivity index (χ0v) is 19.3. The highest BCUT2D eigenvalue weighted by Gasteiger charge is 2.23. The summed E-state index contributed by atoms with van der Waals surface area (Å²) in [5.74, 6) is 2.54. The first-order valence-electron chi connectivity index (χ1n) is 10.3. The van der Waals surface area contributed by atoms with E-state index in [-0.39, 0.29) is 5.91 Å². The van der Waals surface area contributed by atoms with Crippen LogP contribution < -0.4 is 5.32 Å². The Labute approximate surface area is 181 Å². The van der Waals surface area contributed by atoms with Crippen molar-refractivity contribution in [1.29, 1.82) is 0 Å². The molecule has 158 valence electrons. The van der Waals surface area contributed by atoms with Gasteiger partial charge in [-0.25, -0.2) is 9.97 Å². The summed E-state index contributed by atoms with van der Waals surface area (Å²) in [4.78, 5) is 21.3. The average molecular weight is 435 g/mol. The van der Waals surface area contributed by atoms with Crippen LogP contribution in [0.5, 0.6) is 0 Å². The molecule has 0 radical (unpaired) electrons. The van der Waals surface area contributed by atoms with Gasteiger partial charge in [0, 0.05) is 24.0 Å². The summed E-state index contributed by atoms with van der Waals surface area (Å²) in [7, 11) is 0. The molecule has 1 N–H and O–H groups in total. The maximum atomic E-state index is 12.4. The summed E-state index contributed by atoms with van der Waals surface area (Å²) < 4.78 is 2.07. The van der Waals surface area contributed by atoms with E-state index in [0.29, 0.717) is 23.5 Å². The Balaban J connectivity index is 1.55. The van der Waals surface area contributed by atoms with Crippen LogP contribution in [0.1, 0.15) is 56.7 Å². The number of hydrogen-bond acceptors (Lipinski definition) is 7. The number of amides is 1. The Hall–Kier alpha value is -1.61. The van der Waals surface area contributed by atoms with Crippen molar-refractivity contribution in [3.8, 4) is 0 Å². The van der Waals surface area contributed by atoms with Crippen LogP contribution in [-0.4, -0.2) is 42.4 Å². The third-order valence-corrected chi connectivity index (χ3v) is 7.00. The first-order chi connectivity index (χ1) is 14.0. The molecule has 0 bridgehead atoms. The number of nitrogens with one attached hydrogen (secondary N) is 1. The molecule has 0 aromatic carbocycles. The van der Waals surface area contributed by atoms with Gasteiger partial charge in [0.15, 0.2) is 10.3 Å². The van der Waals surface area contributed by atoms with Gasteiger partial charge < -0.3 is 9.88 Å². The highest BCUT2D eigenvalue weighted by atomic mass is 32.2. The molecule has 1 amide bonds. The van der Waals surface area contributed by atoms with Crippen molar-refractivity contribution in [2.45, 2.75) is 82.0 Å². The standard InChI is InChI=1S/C20H30N6OS2/c1-5-26-17(11-28-19-21-14(3)10-15(4)22-19)24-25-20(26)29-12-18(27)23-16-9-7-6-8-13(16)2/h10,13,16H,5-9,11-12H2,1-4H3,(H,23,27). The van der Waals surface area contributed by atoms with Crippen LogP contribution in [0.25, 0.3) is 0 Å². The molecule has 0 aliphatic heterocycles. The zero-order valence-electron chi connectivity index (χ0n) is 17.6. The van der Waals surface area contributed by atoms with Gasteiger partial charge in [-0.2, -0.15) is 0 Å². The largest absolute Gasteiger partial charge is 0.352 e. The second-order valence-electron chi connectivity index (χ2n) is 7.59. The number of thioether (sulfide) groups is 2. The van der Waals surface area contributed by atoms with E-state index in [1.54, 1.807) is 11.8 Å². The van der Waals surface area contributed by atoms with E-state index in [0.717, 1.165) is 40.5 Å². The molecule has 29 heavy (non-hydrogen) atoms. The number of carbonyl (C=O) groups excluding carboxylic acids is 1. The molecule has 0 saturated heterocycles. The smallest absolute Gasteiger partial charge is 0.230 e. The van der Waals surface area contributed by atoms with Crippen LogP contribution in [-0.2, 0) is 17.1 Å². The van der Waals surface area contributed by atoms with E-state index in [1.165, 1.54) is 31.0 Å². The lowest BCUT2D eigenvalue weighted by atomic mass is 9.86. The van der Waals surface area contributed by atoms with Crippen LogP contribution >= 0.6 is 23.5 Å². The molecule has 2 unspecified atom stereocenters. The molecule has 1 aliphatic rings. The van der Waals surface area contributed by atoms with E-state index in [2.05, 4.69) is 43.9 Å². The first kappa shape index (κ1) is 22.1. The topological polar surface area (TPSA) is 85.6 Å². The van der Waals surface area contributed by atoms with Crippen LogP contribution in [0, 0.1) is 19.8 Å². The molecule has 1 aliphatic carbocycles. The van der Waals surface area contributed by atoms with E-state index in [1.807, 2.05) is 19.9 Å². The molecule has 7 nitrogen and oxygen atoms in total. The average Bonchev–Trinajstić information content (AvgIpc) is 3.07. The van der Waals surface area contributed by atoms with Crippen LogP contribution in [0.4, 0.5) is 0 Å². The van der Waals surface area contributed by atoms with Crippen molar-refractivity contribution in [2.75, 3.05) is 5.75 Å². The second-order valence-corrected chi connectivity index (χ2v) is 9.47. The lowest BCUT2D eigenvalue weighted by Gasteiger charge is -2.29. The number of rotatable bonds is 8. The fraction of sp³-hybridized carbons (Fsp3) is 0.650. The van der Waals surface area contributed by atoms with Crippen LogP contribution in [0.3, 0.4) is 0 Å². The first-order valence-corrected chi connectivity index (χ1v) is 12.2. The van der Waals surface area contributed by atoms with Crippen molar-refractivity contribution in [2.24, 2.45) is 5.92 Å². The molecule has 1 saturated carbocycles. The Morgan fingerprint density at radius 3 is 2.59 bits per heavy atom. The molecule has 2 atom stereocenters. The highest BCUT2D eigenvalue weighted by Crippen LogP contribution is 2.25. The van der Waals surface area contributed by atoms with Crippen molar-refractivity contribution < 1.29 is 4.79 Å². The summed E-state index contributed by atoms with van der Waals surface area (Å²) in [6.45, 7) is 9.01. The normalized spacial score (nSPS) is 19.3. The molecule has 9 heteroatoms. The Bertz CT molecular complexity index is 820. The summed E-state index contributed by atoms with van der Waals surface area (Å²) in [6.07, 6.45) is 4.77. The van der Waals surface area contributed by atoms with Crippen molar-refractivity contribution in [3.05, 3.63) is 23.3 Å². The van der Waals surface area contributed by atoms with Crippen LogP contribution in [0.15, 0.2) is 16.4 Å². The van der Waals surface area contributed by atoms with Crippen molar-refractivity contribution >= 4 is 29.4 Å². The minimum Gasteiger partial charge on any atom is -0.352 e. The SMILES string of the molecule is CCn1c(CSc2nc(C)cc(C)n2)nnc1SCC(=O)NC1CCCCC1C. The maximum absolute atomic E-state index is 12.4. The summed E-state index contributed by atoms with van der Waals surface area (Å²) in [5.41, 5.74) is 1.93. The lowest BCUT2D eigenvalue weighted by molar-refractivity contribution is -0.119. The number of aryl methyl sites for hydroxylation is 2. The van der Waals surface area contributed by atoms with Gasteiger partial charge in [-0.05, 0) is 45.6 Å². The summed E-state index contributed by atoms with van der Waals surface area (Å²) in [6, 6.07) is 2.28. The lowest BCUT2D eigenvalue weighted by Crippen LogP contribution is -2.41. The van der Waals surface area contributed by atoms with Crippen molar-refractivity contribution in [3.63, 3.8) is 0 Å².